The van der Waals surface area contributed by atoms with E-state index in [4.69, 9.17) is 14.3 Å². The Morgan fingerprint density at radius 1 is 0.909 bits per heavy atom. The molecule has 1 fully saturated rings. The van der Waals surface area contributed by atoms with Crippen LogP contribution in [0.15, 0.2) is 77.8 Å². The largest absolute Gasteiger partial charge is 0.495 e. The van der Waals surface area contributed by atoms with Gasteiger partial charge >= 0.3 is 7.12 Å². The van der Waals surface area contributed by atoms with Crippen LogP contribution in [0.4, 0.5) is 0 Å². The van der Waals surface area contributed by atoms with Gasteiger partial charge in [-0.2, -0.15) is 0 Å². The fraction of sp³-hybridized carbons (Fsp3) is 0.296. The third kappa shape index (κ3) is 4.23. The molecule has 33 heavy (non-hydrogen) atoms. The number of aromatic nitrogens is 2. The monoisotopic (exact) mass is 456 g/mol. The fourth-order valence-corrected chi connectivity index (χ4v) is 4.99. The molecule has 2 aromatic carbocycles. The maximum Gasteiger partial charge on any atom is 0.495 e. The van der Waals surface area contributed by atoms with Crippen molar-refractivity contribution in [2.24, 2.45) is 0 Å². The second kappa shape index (κ2) is 8.35. The summed E-state index contributed by atoms with van der Waals surface area (Å²) in [5, 5.41) is 1.07. The van der Waals surface area contributed by atoms with E-state index in [9.17, 15) is 0 Å². The molecular formula is C27H29BN2O2S. The zero-order chi connectivity index (χ0) is 23.2. The minimum absolute atomic E-state index is 0.390. The molecule has 0 saturated carbocycles. The van der Waals surface area contributed by atoms with E-state index in [2.05, 4.69) is 99.3 Å². The standard InChI is InChI=1S/C27H29BN2O2S/c1-19-11-13-22(14-12-19)33-30-21(17-20-9-7-6-8-10-20)18-23-24(15-16-29-25(23)30)28-31-26(2,3)27(4,5)32-28/h6-16,18H,17H2,1-5H3. The molecule has 1 aliphatic rings. The highest BCUT2D eigenvalue weighted by Gasteiger charge is 2.52. The number of aryl methyl sites for hydroxylation is 1. The third-order valence-corrected chi connectivity index (χ3v) is 7.79. The first-order valence-corrected chi connectivity index (χ1v) is 12.1. The Labute approximate surface area is 200 Å². The van der Waals surface area contributed by atoms with Crippen molar-refractivity contribution in [1.29, 1.82) is 0 Å². The van der Waals surface area contributed by atoms with Crippen LogP contribution in [0.2, 0.25) is 0 Å². The fourth-order valence-electron chi connectivity index (χ4n) is 4.06. The van der Waals surface area contributed by atoms with Gasteiger partial charge in [0.2, 0.25) is 0 Å². The molecule has 0 amide bonds. The molecule has 4 aromatic rings. The van der Waals surface area contributed by atoms with Crippen LogP contribution in [0.5, 0.6) is 0 Å². The van der Waals surface area contributed by atoms with Crippen molar-refractivity contribution in [2.45, 2.75) is 57.1 Å². The van der Waals surface area contributed by atoms with Gasteiger partial charge < -0.3 is 9.31 Å². The highest BCUT2D eigenvalue weighted by molar-refractivity contribution is 7.98. The lowest BCUT2D eigenvalue weighted by Crippen LogP contribution is -2.41. The molecule has 0 N–H and O–H groups in total. The zero-order valence-electron chi connectivity index (χ0n) is 19.8. The SMILES string of the molecule is Cc1ccc(Sn2c(Cc3ccccc3)cc3c(B4OC(C)(C)C(C)(C)O4)ccnc32)cc1. The summed E-state index contributed by atoms with van der Waals surface area (Å²) in [7, 11) is -0.426. The number of hydrogen-bond acceptors (Lipinski definition) is 4. The van der Waals surface area contributed by atoms with Crippen LogP contribution in [0.1, 0.15) is 44.5 Å². The van der Waals surface area contributed by atoms with Gasteiger partial charge in [-0.15, -0.1) is 0 Å². The van der Waals surface area contributed by atoms with Crippen molar-refractivity contribution in [3.8, 4) is 0 Å². The maximum absolute atomic E-state index is 6.39. The summed E-state index contributed by atoms with van der Waals surface area (Å²) in [6, 6.07) is 23.5. The number of hydrogen-bond donors (Lipinski definition) is 0. The molecule has 6 heteroatoms. The van der Waals surface area contributed by atoms with Crippen molar-refractivity contribution in [1.82, 2.24) is 8.96 Å². The summed E-state index contributed by atoms with van der Waals surface area (Å²) < 4.78 is 15.0. The molecule has 168 valence electrons. The predicted molar refractivity (Wildman–Crippen MR) is 137 cm³/mol. The summed E-state index contributed by atoms with van der Waals surface area (Å²) in [5.41, 5.74) is 4.89. The Kier molecular flexibility index (Phi) is 5.64. The summed E-state index contributed by atoms with van der Waals surface area (Å²) in [5.74, 6) is 0. The molecule has 0 bridgehead atoms. The molecule has 0 atom stereocenters. The summed E-state index contributed by atoms with van der Waals surface area (Å²) in [6.07, 6.45) is 2.68. The molecule has 0 aliphatic carbocycles. The van der Waals surface area contributed by atoms with Gasteiger partial charge in [0.15, 0.2) is 0 Å². The van der Waals surface area contributed by atoms with E-state index in [1.807, 2.05) is 12.3 Å². The van der Waals surface area contributed by atoms with Gasteiger partial charge in [0, 0.05) is 28.6 Å². The van der Waals surface area contributed by atoms with E-state index in [0.29, 0.717) is 0 Å². The molecule has 5 rings (SSSR count). The molecule has 1 aliphatic heterocycles. The van der Waals surface area contributed by atoms with E-state index in [0.717, 1.165) is 22.9 Å². The summed E-state index contributed by atoms with van der Waals surface area (Å²) in [6.45, 7) is 10.5. The van der Waals surface area contributed by atoms with E-state index >= 15 is 0 Å². The minimum Gasteiger partial charge on any atom is -0.399 e. The van der Waals surface area contributed by atoms with Crippen LogP contribution in [0.3, 0.4) is 0 Å². The highest BCUT2D eigenvalue weighted by atomic mass is 32.2. The number of rotatable bonds is 5. The Morgan fingerprint density at radius 3 is 2.24 bits per heavy atom. The molecule has 4 nitrogen and oxygen atoms in total. The summed E-state index contributed by atoms with van der Waals surface area (Å²) >= 11 is 1.70. The smallest absolute Gasteiger partial charge is 0.399 e. The molecule has 0 radical (unpaired) electrons. The van der Waals surface area contributed by atoms with Crippen LogP contribution in [-0.2, 0) is 15.7 Å². The minimum atomic E-state index is -0.426. The second-order valence-electron chi connectivity index (χ2n) is 9.72. The first-order chi connectivity index (χ1) is 15.7. The number of nitrogens with zero attached hydrogens (tertiary/aromatic N) is 2. The Balaban J connectivity index is 1.61. The van der Waals surface area contributed by atoms with Crippen molar-refractivity contribution in [2.75, 3.05) is 0 Å². The summed E-state index contributed by atoms with van der Waals surface area (Å²) in [4.78, 5) is 5.97. The van der Waals surface area contributed by atoms with Crippen molar-refractivity contribution in [3.63, 3.8) is 0 Å². The van der Waals surface area contributed by atoms with E-state index < -0.39 is 7.12 Å². The first kappa shape index (κ1) is 22.3. The van der Waals surface area contributed by atoms with Crippen LogP contribution >= 0.6 is 11.9 Å². The third-order valence-electron chi connectivity index (χ3n) is 6.72. The average molecular weight is 456 g/mol. The first-order valence-electron chi connectivity index (χ1n) is 11.4. The van der Waals surface area contributed by atoms with Gasteiger partial charge in [-0.25, -0.2) is 4.98 Å². The molecular weight excluding hydrogens is 427 g/mol. The molecule has 2 aromatic heterocycles. The molecule has 1 saturated heterocycles. The molecule has 3 heterocycles. The van der Waals surface area contributed by atoms with Crippen LogP contribution in [-0.4, -0.2) is 27.3 Å². The Bertz CT molecular complexity index is 1270. The second-order valence-corrected chi connectivity index (χ2v) is 10.7. The Morgan fingerprint density at radius 2 is 1.58 bits per heavy atom. The van der Waals surface area contributed by atoms with Crippen molar-refractivity contribution in [3.05, 3.63) is 89.7 Å². The highest BCUT2D eigenvalue weighted by Crippen LogP contribution is 2.37. The predicted octanol–water partition coefficient (Wildman–Crippen LogP) is 5.79. The van der Waals surface area contributed by atoms with Crippen LogP contribution in [0.25, 0.3) is 11.0 Å². The topological polar surface area (TPSA) is 36.3 Å². The number of benzene rings is 2. The van der Waals surface area contributed by atoms with Gasteiger partial charge in [-0.05, 0) is 81.9 Å². The van der Waals surface area contributed by atoms with Gasteiger partial charge in [-0.3, -0.25) is 3.97 Å². The van der Waals surface area contributed by atoms with E-state index in [1.54, 1.807) is 11.9 Å². The van der Waals surface area contributed by atoms with Crippen LogP contribution in [0, 0.1) is 6.92 Å². The van der Waals surface area contributed by atoms with E-state index in [1.165, 1.54) is 21.7 Å². The number of fused-ring (bicyclic) bond motifs is 1. The van der Waals surface area contributed by atoms with Gasteiger partial charge in [0.05, 0.1) is 11.2 Å². The normalized spacial score (nSPS) is 17.1. The van der Waals surface area contributed by atoms with Crippen molar-refractivity contribution >= 4 is 35.6 Å². The van der Waals surface area contributed by atoms with Crippen molar-refractivity contribution < 1.29 is 9.31 Å². The lowest BCUT2D eigenvalue weighted by molar-refractivity contribution is 0.00578. The van der Waals surface area contributed by atoms with E-state index in [-0.39, 0.29) is 11.2 Å². The average Bonchev–Trinajstić information content (AvgIpc) is 3.22. The maximum atomic E-state index is 6.39. The number of pyridine rings is 1. The Hall–Kier alpha value is -2.54. The van der Waals surface area contributed by atoms with Gasteiger partial charge in [0.25, 0.3) is 0 Å². The quantitative estimate of drug-likeness (QED) is 0.356. The molecule has 0 unspecified atom stereocenters. The van der Waals surface area contributed by atoms with Gasteiger partial charge in [-0.1, -0.05) is 48.0 Å². The molecule has 0 spiro atoms. The van der Waals surface area contributed by atoms with Crippen LogP contribution < -0.4 is 5.46 Å². The lowest BCUT2D eigenvalue weighted by Gasteiger charge is -2.32. The lowest BCUT2D eigenvalue weighted by atomic mass is 9.78. The van der Waals surface area contributed by atoms with Gasteiger partial charge in [0.1, 0.15) is 5.65 Å². The zero-order valence-corrected chi connectivity index (χ0v) is 20.6.